The number of nitrogens with two attached hydrogens (primary N) is 1. The third-order valence-electron chi connectivity index (χ3n) is 2.16. The molecule has 1 aliphatic rings. The highest BCUT2D eigenvalue weighted by Gasteiger charge is 2.16. The number of hydrogen-bond acceptors (Lipinski definition) is 5. The largest absolute Gasteiger partial charge is 0.368 e. The van der Waals surface area contributed by atoms with Gasteiger partial charge in [0, 0.05) is 41.6 Å². The van der Waals surface area contributed by atoms with Crippen molar-refractivity contribution in [3.63, 3.8) is 0 Å². The second kappa shape index (κ2) is 3.91. The number of hydrogen-bond donors (Lipinski definition) is 1. The van der Waals surface area contributed by atoms with Crippen LogP contribution in [0.5, 0.6) is 0 Å². The van der Waals surface area contributed by atoms with Crippen LogP contribution in [-0.4, -0.2) is 38.8 Å². The van der Waals surface area contributed by atoms with Crippen molar-refractivity contribution in [3.05, 3.63) is 12.3 Å². The van der Waals surface area contributed by atoms with Crippen LogP contribution in [0.2, 0.25) is 0 Å². The van der Waals surface area contributed by atoms with Crippen LogP contribution in [0.1, 0.15) is 0 Å². The van der Waals surface area contributed by atoms with E-state index in [4.69, 9.17) is 5.73 Å². The van der Waals surface area contributed by atoms with E-state index in [-0.39, 0.29) is 5.95 Å². The van der Waals surface area contributed by atoms with E-state index in [0.29, 0.717) is 11.5 Å². The summed E-state index contributed by atoms with van der Waals surface area (Å²) in [6, 6.07) is 1.82. The van der Waals surface area contributed by atoms with Crippen LogP contribution in [0.3, 0.4) is 0 Å². The standard InChI is InChI=1S/C8H12N4OS/c9-8-10-2-1-7(11-8)12-3-5-14(13)6-4-12/h1-2H,3-6H2,(H2,9,10,11). The molecule has 0 atom stereocenters. The van der Waals surface area contributed by atoms with Crippen LogP contribution >= 0.6 is 0 Å². The highest BCUT2D eigenvalue weighted by Crippen LogP contribution is 2.12. The number of anilines is 2. The van der Waals surface area contributed by atoms with Crippen molar-refractivity contribution in [3.8, 4) is 0 Å². The first-order valence-electron chi connectivity index (χ1n) is 4.44. The summed E-state index contributed by atoms with van der Waals surface area (Å²) in [6.07, 6.45) is 1.64. The molecule has 1 aromatic rings. The number of rotatable bonds is 1. The van der Waals surface area contributed by atoms with Gasteiger partial charge in [0.1, 0.15) is 5.82 Å². The van der Waals surface area contributed by atoms with Gasteiger partial charge in [-0.15, -0.1) is 0 Å². The van der Waals surface area contributed by atoms with Gasteiger partial charge < -0.3 is 10.6 Å². The van der Waals surface area contributed by atoms with Gasteiger partial charge in [0.15, 0.2) is 0 Å². The zero-order valence-electron chi connectivity index (χ0n) is 7.72. The molecule has 6 heteroatoms. The predicted molar refractivity (Wildman–Crippen MR) is 56.5 cm³/mol. The maximum absolute atomic E-state index is 11.1. The number of nitrogen functional groups attached to an aromatic ring is 1. The van der Waals surface area contributed by atoms with Crippen LogP contribution in [0.4, 0.5) is 11.8 Å². The summed E-state index contributed by atoms with van der Waals surface area (Å²) in [5.74, 6) is 2.54. The van der Waals surface area contributed by atoms with Gasteiger partial charge in [-0.3, -0.25) is 4.21 Å². The molecule has 5 nitrogen and oxygen atoms in total. The third-order valence-corrected chi connectivity index (χ3v) is 3.44. The quantitative estimate of drug-likeness (QED) is 0.687. The zero-order chi connectivity index (χ0) is 9.97. The van der Waals surface area contributed by atoms with Crippen molar-refractivity contribution >= 4 is 22.6 Å². The summed E-state index contributed by atoms with van der Waals surface area (Å²) in [5.41, 5.74) is 5.48. The van der Waals surface area contributed by atoms with E-state index in [2.05, 4.69) is 14.9 Å². The average molecular weight is 212 g/mol. The summed E-state index contributed by atoms with van der Waals surface area (Å²) >= 11 is 0. The zero-order valence-corrected chi connectivity index (χ0v) is 8.54. The van der Waals surface area contributed by atoms with Crippen molar-refractivity contribution < 1.29 is 4.21 Å². The van der Waals surface area contributed by atoms with E-state index in [1.165, 1.54) is 0 Å². The van der Waals surface area contributed by atoms with Crippen molar-refractivity contribution in [2.24, 2.45) is 0 Å². The molecule has 1 aliphatic heterocycles. The maximum Gasteiger partial charge on any atom is 0.221 e. The molecule has 0 unspecified atom stereocenters. The Morgan fingerprint density at radius 2 is 2.14 bits per heavy atom. The molecule has 1 fully saturated rings. The first kappa shape index (κ1) is 9.39. The second-order valence-electron chi connectivity index (χ2n) is 3.11. The Hall–Kier alpha value is -1.17. The van der Waals surface area contributed by atoms with Crippen LogP contribution in [0, 0.1) is 0 Å². The van der Waals surface area contributed by atoms with E-state index in [1.54, 1.807) is 6.20 Å². The van der Waals surface area contributed by atoms with Gasteiger partial charge >= 0.3 is 0 Å². The molecule has 76 valence electrons. The normalized spacial score (nSPS) is 18.4. The molecule has 0 radical (unpaired) electrons. The van der Waals surface area contributed by atoms with E-state index in [0.717, 1.165) is 18.9 Å². The lowest BCUT2D eigenvalue weighted by atomic mass is 10.4. The fourth-order valence-corrected chi connectivity index (χ4v) is 2.46. The molecule has 2 heterocycles. The Morgan fingerprint density at radius 3 is 2.79 bits per heavy atom. The van der Waals surface area contributed by atoms with Gasteiger partial charge in [-0.25, -0.2) is 4.98 Å². The van der Waals surface area contributed by atoms with Crippen LogP contribution < -0.4 is 10.6 Å². The first-order chi connectivity index (χ1) is 6.75. The van der Waals surface area contributed by atoms with Crippen LogP contribution in [-0.2, 0) is 10.8 Å². The molecule has 0 amide bonds. The van der Waals surface area contributed by atoms with Gasteiger partial charge in [0.05, 0.1) is 0 Å². The van der Waals surface area contributed by atoms with Crippen molar-refractivity contribution in [2.75, 3.05) is 35.2 Å². The van der Waals surface area contributed by atoms with Crippen molar-refractivity contribution in [1.29, 1.82) is 0 Å². The minimum Gasteiger partial charge on any atom is -0.368 e. The number of nitrogens with zero attached hydrogens (tertiary/aromatic N) is 3. The molecule has 0 saturated carbocycles. The average Bonchev–Trinajstić information content (AvgIpc) is 2.19. The minimum absolute atomic E-state index is 0.286. The molecular weight excluding hydrogens is 200 g/mol. The van der Waals surface area contributed by atoms with Crippen molar-refractivity contribution in [2.45, 2.75) is 0 Å². The molecule has 0 aliphatic carbocycles. The van der Waals surface area contributed by atoms with E-state index in [9.17, 15) is 4.21 Å². The van der Waals surface area contributed by atoms with Gasteiger partial charge in [-0.1, -0.05) is 0 Å². The Balaban J connectivity index is 2.12. The Morgan fingerprint density at radius 1 is 1.43 bits per heavy atom. The lowest BCUT2D eigenvalue weighted by molar-refractivity contribution is 0.672. The van der Waals surface area contributed by atoms with Crippen molar-refractivity contribution in [1.82, 2.24) is 9.97 Å². The van der Waals surface area contributed by atoms with E-state index >= 15 is 0 Å². The molecule has 2 rings (SSSR count). The molecule has 0 bridgehead atoms. The highest BCUT2D eigenvalue weighted by atomic mass is 32.2. The van der Waals surface area contributed by atoms with Gasteiger partial charge in [-0.2, -0.15) is 4.98 Å². The van der Waals surface area contributed by atoms with E-state index < -0.39 is 10.8 Å². The lowest BCUT2D eigenvalue weighted by Gasteiger charge is -2.27. The summed E-state index contributed by atoms with van der Waals surface area (Å²) in [4.78, 5) is 10.0. The molecule has 1 aromatic heterocycles. The molecule has 1 saturated heterocycles. The minimum atomic E-state index is -0.656. The highest BCUT2D eigenvalue weighted by molar-refractivity contribution is 7.85. The topological polar surface area (TPSA) is 72.1 Å². The van der Waals surface area contributed by atoms with Crippen LogP contribution in [0.25, 0.3) is 0 Å². The predicted octanol–water partition coefficient (Wildman–Crippen LogP) is -0.373. The molecule has 0 spiro atoms. The Kier molecular flexibility index (Phi) is 2.62. The molecule has 14 heavy (non-hydrogen) atoms. The van der Waals surface area contributed by atoms with Crippen LogP contribution in [0.15, 0.2) is 12.3 Å². The monoisotopic (exact) mass is 212 g/mol. The summed E-state index contributed by atoms with van der Waals surface area (Å²) in [5, 5.41) is 0. The fraction of sp³-hybridized carbons (Fsp3) is 0.500. The smallest absolute Gasteiger partial charge is 0.221 e. The third kappa shape index (κ3) is 2.01. The Labute approximate surface area is 84.8 Å². The number of aromatic nitrogens is 2. The molecule has 0 aromatic carbocycles. The van der Waals surface area contributed by atoms with E-state index in [1.807, 2.05) is 6.07 Å². The van der Waals surface area contributed by atoms with Gasteiger partial charge in [-0.05, 0) is 6.07 Å². The lowest BCUT2D eigenvalue weighted by Crippen LogP contribution is -2.38. The van der Waals surface area contributed by atoms with Gasteiger partial charge in [0.25, 0.3) is 0 Å². The second-order valence-corrected chi connectivity index (χ2v) is 4.80. The first-order valence-corrected chi connectivity index (χ1v) is 5.93. The summed E-state index contributed by atoms with van der Waals surface area (Å²) < 4.78 is 11.1. The summed E-state index contributed by atoms with van der Waals surface area (Å²) in [7, 11) is -0.656. The SMILES string of the molecule is Nc1nccc(N2CCS(=O)CC2)n1. The maximum atomic E-state index is 11.1. The Bertz CT molecular complexity index is 347. The fourth-order valence-electron chi connectivity index (χ4n) is 1.41. The molecule has 2 N–H and O–H groups in total. The molecular formula is C8H12N4OS. The summed E-state index contributed by atoms with van der Waals surface area (Å²) in [6.45, 7) is 1.56. The van der Waals surface area contributed by atoms with Gasteiger partial charge in [0.2, 0.25) is 5.95 Å².